The van der Waals surface area contributed by atoms with Crippen molar-refractivity contribution in [3.8, 4) is 11.5 Å². The van der Waals surface area contributed by atoms with Gasteiger partial charge < -0.3 is 19.5 Å². The monoisotopic (exact) mass is 537 g/mol. The van der Waals surface area contributed by atoms with Gasteiger partial charge in [0, 0.05) is 41.5 Å². The second-order valence-electron chi connectivity index (χ2n) is 9.04. The molecule has 1 aliphatic heterocycles. The maximum atomic E-state index is 13.5. The van der Waals surface area contributed by atoms with Crippen LogP contribution in [0, 0.1) is 0 Å². The summed E-state index contributed by atoms with van der Waals surface area (Å²) in [5.74, 6) is 0.269. The van der Waals surface area contributed by atoms with E-state index in [2.05, 4.69) is 35.0 Å². The molecule has 6 nitrogen and oxygen atoms in total. The number of nitrogens with zero attached hydrogens (tertiary/aromatic N) is 1. The van der Waals surface area contributed by atoms with Gasteiger partial charge in [-0.3, -0.25) is 9.59 Å². The largest absolute Gasteiger partial charge is 0.496 e. The van der Waals surface area contributed by atoms with Gasteiger partial charge in [-0.2, -0.15) is 0 Å². The van der Waals surface area contributed by atoms with Crippen LogP contribution < -0.4 is 9.47 Å². The Morgan fingerprint density at radius 3 is 2.57 bits per heavy atom. The Kier molecular flexibility index (Phi) is 7.45. The van der Waals surface area contributed by atoms with Crippen molar-refractivity contribution < 1.29 is 24.2 Å². The molecule has 3 aromatic carbocycles. The molecule has 1 unspecified atom stereocenters. The molecule has 1 aliphatic rings. The normalized spacial score (nSPS) is 16.3. The molecule has 35 heavy (non-hydrogen) atoms. The minimum absolute atomic E-state index is 0.0983. The lowest BCUT2D eigenvalue weighted by molar-refractivity contribution is -0.137. The third kappa shape index (κ3) is 6.03. The molecule has 1 atom stereocenters. The van der Waals surface area contributed by atoms with E-state index in [0.717, 1.165) is 27.8 Å². The van der Waals surface area contributed by atoms with Gasteiger partial charge in [-0.15, -0.1) is 0 Å². The highest BCUT2D eigenvalue weighted by molar-refractivity contribution is 9.10. The summed E-state index contributed by atoms with van der Waals surface area (Å²) in [6.07, 6.45) is 1.29. The van der Waals surface area contributed by atoms with Crippen LogP contribution in [0.2, 0.25) is 0 Å². The number of methoxy groups -OCH3 is 1. The number of fused-ring (bicyclic) bond motifs is 1. The van der Waals surface area contributed by atoms with Crippen molar-refractivity contribution in [2.45, 2.75) is 38.3 Å². The first-order chi connectivity index (χ1) is 16.8. The van der Waals surface area contributed by atoms with Crippen molar-refractivity contribution in [1.29, 1.82) is 0 Å². The first-order valence-corrected chi connectivity index (χ1v) is 12.2. The number of aliphatic carboxylic acids is 1. The number of carboxylic acid groups (broad SMARTS) is 1. The summed E-state index contributed by atoms with van der Waals surface area (Å²) in [5.41, 5.74) is 3.08. The van der Waals surface area contributed by atoms with E-state index in [4.69, 9.17) is 9.47 Å². The molecule has 0 saturated heterocycles. The Labute approximate surface area is 213 Å². The van der Waals surface area contributed by atoms with E-state index >= 15 is 0 Å². The van der Waals surface area contributed by atoms with E-state index in [-0.39, 0.29) is 25.4 Å². The van der Waals surface area contributed by atoms with E-state index in [1.807, 2.05) is 48.5 Å². The highest BCUT2D eigenvalue weighted by Gasteiger charge is 2.35. The number of hydrogen-bond acceptors (Lipinski definition) is 4. The molecule has 1 heterocycles. The van der Waals surface area contributed by atoms with E-state index in [9.17, 15) is 14.7 Å². The van der Waals surface area contributed by atoms with Crippen molar-refractivity contribution in [1.82, 2.24) is 4.90 Å². The second-order valence-corrected chi connectivity index (χ2v) is 9.95. The van der Waals surface area contributed by atoms with E-state index in [0.29, 0.717) is 17.7 Å². The Hall–Kier alpha value is -3.32. The molecule has 0 saturated carbocycles. The van der Waals surface area contributed by atoms with E-state index in [1.54, 1.807) is 18.1 Å². The van der Waals surface area contributed by atoms with Crippen LogP contribution in [-0.2, 0) is 24.2 Å². The lowest BCUT2D eigenvalue weighted by atomic mass is 9.91. The first kappa shape index (κ1) is 24.8. The predicted molar refractivity (Wildman–Crippen MR) is 137 cm³/mol. The zero-order valence-electron chi connectivity index (χ0n) is 19.8. The number of benzene rings is 3. The topological polar surface area (TPSA) is 76.1 Å². The second kappa shape index (κ2) is 10.5. The molecule has 7 heteroatoms. The molecule has 0 radical (unpaired) electrons. The van der Waals surface area contributed by atoms with Gasteiger partial charge in [0.05, 0.1) is 13.5 Å². The molecular weight excluding hydrogens is 510 g/mol. The summed E-state index contributed by atoms with van der Waals surface area (Å²) in [6, 6.07) is 21.1. The molecule has 0 spiro atoms. The van der Waals surface area contributed by atoms with Gasteiger partial charge in [0.1, 0.15) is 17.1 Å². The van der Waals surface area contributed by atoms with Gasteiger partial charge in [0.15, 0.2) is 0 Å². The van der Waals surface area contributed by atoms with E-state index < -0.39 is 11.6 Å². The van der Waals surface area contributed by atoms with Crippen LogP contribution in [0.4, 0.5) is 0 Å². The first-order valence-electron chi connectivity index (χ1n) is 11.5. The van der Waals surface area contributed by atoms with Gasteiger partial charge in [0.25, 0.3) is 5.91 Å². The summed E-state index contributed by atoms with van der Waals surface area (Å²) in [5, 5.41) is 9.22. The van der Waals surface area contributed by atoms with Crippen LogP contribution in [0.1, 0.15) is 40.4 Å². The molecule has 4 rings (SSSR count). The average Bonchev–Trinajstić information content (AvgIpc) is 3.17. The number of rotatable bonds is 9. The SMILES string of the molecule is COc1ccccc1CN(CCC(=O)O)C(=O)c1ccc2c(c1)CC(C)(Cc1ccc(Br)cc1)O2. The summed E-state index contributed by atoms with van der Waals surface area (Å²) in [7, 11) is 1.58. The number of carbonyl (C=O) groups excluding carboxylic acids is 1. The maximum absolute atomic E-state index is 13.5. The molecule has 182 valence electrons. The molecule has 0 aromatic heterocycles. The highest BCUT2D eigenvalue weighted by Crippen LogP contribution is 2.38. The van der Waals surface area contributed by atoms with Crippen LogP contribution in [0.15, 0.2) is 71.2 Å². The van der Waals surface area contributed by atoms with Gasteiger partial charge in [-0.25, -0.2) is 0 Å². The third-order valence-corrected chi connectivity index (χ3v) is 6.68. The van der Waals surface area contributed by atoms with Crippen LogP contribution in [-0.4, -0.2) is 41.1 Å². The van der Waals surface area contributed by atoms with Crippen LogP contribution in [0.3, 0.4) is 0 Å². The summed E-state index contributed by atoms with van der Waals surface area (Å²) < 4.78 is 12.8. The summed E-state index contributed by atoms with van der Waals surface area (Å²) in [4.78, 5) is 26.3. The number of hydrogen-bond donors (Lipinski definition) is 1. The quantitative estimate of drug-likeness (QED) is 0.389. The number of ether oxygens (including phenoxy) is 2. The smallest absolute Gasteiger partial charge is 0.305 e. The number of carbonyl (C=O) groups is 2. The van der Waals surface area contributed by atoms with Gasteiger partial charge in [0.2, 0.25) is 0 Å². The van der Waals surface area contributed by atoms with Gasteiger partial charge in [-0.1, -0.05) is 46.3 Å². The zero-order chi connectivity index (χ0) is 25.0. The fourth-order valence-corrected chi connectivity index (χ4v) is 4.76. The van der Waals surface area contributed by atoms with Gasteiger partial charge in [-0.05, 0) is 54.4 Å². The summed E-state index contributed by atoms with van der Waals surface area (Å²) >= 11 is 3.47. The molecule has 3 aromatic rings. The molecule has 1 amide bonds. The lowest BCUT2D eigenvalue weighted by Crippen LogP contribution is -2.33. The number of para-hydroxylation sites is 1. The number of carboxylic acids is 1. The predicted octanol–water partition coefficient (Wildman–Crippen LogP) is 5.51. The van der Waals surface area contributed by atoms with Crippen molar-refractivity contribution in [3.63, 3.8) is 0 Å². The van der Waals surface area contributed by atoms with Gasteiger partial charge >= 0.3 is 5.97 Å². The van der Waals surface area contributed by atoms with E-state index in [1.165, 1.54) is 5.56 Å². The standard InChI is InChI=1S/C28H28BrNO5/c1-28(16-19-7-10-23(29)11-8-19)17-22-15-20(9-12-25(22)35-28)27(33)30(14-13-26(31)32)18-21-5-3-4-6-24(21)34-2/h3-12,15H,13-14,16-18H2,1-2H3,(H,31,32). The van der Waals surface area contributed by atoms with Crippen LogP contribution in [0.5, 0.6) is 11.5 Å². The molecular formula is C28H28BrNO5. The third-order valence-electron chi connectivity index (χ3n) is 6.16. The molecule has 0 aliphatic carbocycles. The van der Waals surface area contributed by atoms with Crippen molar-refractivity contribution in [3.05, 3.63) is 93.5 Å². The van der Waals surface area contributed by atoms with Crippen LogP contribution in [0.25, 0.3) is 0 Å². The minimum Gasteiger partial charge on any atom is -0.496 e. The fourth-order valence-electron chi connectivity index (χ4n) is 4.49. The molecule has 0 fully saturated rings. The Morgan fingerprint density at radius 1 is 1.11 bits per heavy atom. The maximum Gasteiger partial charge on any atom is 0.305 e. The highest BCUT2D eigenvalue weighted by atomic mass is 79.9. The average molecular weight is 538 g/mol. The number of halogens is 1. The Bertz CT molecular complexity index is 1230. The van der Waals surface area contributed by atoms with Crippen molar-refractivity contribution in [2.75, 3.05) is 13.7 Å². The lowest BCUT2D eigenvalue weighted by Gasteiger charge is -2.24. The van der Waals surface area contributed by atoms with Crippen molar-refractivity contribution >= 4 is 27.8 Å². The Morgan fingerprint density at radius 2 is 1.86 bits per heavy atom. The molecule has 0 bridgehead atoms. The molecule has 1 N–H and O–H groups in total. The zero-order valence-corrected chi connectivity index (χ0v) is 21.4. The number of amides is 1. The Balaban J connectivity index is 1.54. The van der Waals surface area contributed by atoms with Crippen LogP contribution >= 0.6 is 15.9 Å². The fraction of sp³-hybridized carbons (Fsp3) is 0.286. The summed E-state index contributed by atoms with van der Waals surface area (Å²) in [6.45, 7) is 2.43. The minimum atomic E-state index is -0.950. The van der Waals surface area contributed by atoms with Crippen molar-refractivity contribution in [2.24, 2.45) is 0 Å².